The number of hydrogen-bond donors (Lipinski definition) is 2. The fourth-order valence-corrected chi connectivity index (χ4v) is 2.20. The molecule has 2 aromatic rings. The Morgan fingerprint density at radius 3 is 2.89 bits per heavy atom. The molecule has 94 valence electrons. The van der Waals surface area contributed by atoms with Crippen LogP contribution in [-0.2, 0) is 6.61 Å². The van der Waals surface area contributed by atoms with Crippen LogP contribution in [0.3, 0.4) is 0 Å². The van der Waals surface area contributed by atoms with Crippen molar-refractivity contribution >= 4 is 22.9 Å². The van der Waals surface area contributed by atoms with Gasteiger partial charge in [-0.1, -0.05) is 6.07 Å². The monoisotopic (exact) mass is 263 g/mol. The van der Waals surface area contributed by atoms with E-state index in [1.54, 1.807) is 18.2 Å². The van der Waals surface area contributed by atoms with Crippen molar-refractivity contribution in [3.8, 4) is 5.75 Å². The van der Waals surface area contributed by atoms with Gasteiger partial charge in [-0.05, 0) is 19.1 Å². The average Bonchev–Trinajstić information content (AvgIpc) is 2.73. The summed E-state index contributed by atoms with van der Waals surface area (Å²) >= 11 is 1.50. The minimum absolute atomic E-state index is 0.271. The van der Waals surface area contributed by atoms with Crippen molar-refractivity contribution in [2.24, 2.45) is 5.73 Å². The Bertz CT molecular complexity index is 580. The van der Waals surface area contributed by atoms with Crippen LogP contribution < -0.4 is 16.2 Å². The van der Waals surface area contributed by atoms with Gasteiger partial charge < -0.3 is 16.2 Å². The van der Waals surface area contributed by atoms with Crippen molar-refractivity contribution in [2.75, 3.05) is 5.73 Å². The molecule has 0 saturated heterocycles. The Hall–Kier alpha value is -2.08. The zero-order chi connectivity index (χ0) is 13.1. The fourth-order valence-electron chi connectivity index (χ4n) is 1.51. The number of para-hydroxylation sites is 1. The summed E-state index contributed by atoms with van der Waals surface area (Å²) in [6.07, 6.45) is 0. The van der Waals surface area contributed by atoms with Gasteiger partial charge in [0.2, 0.25) is 0 Å². The van der Waals surface area contributed by atoms with Gasteiger partial charge in [-0.15, -0.1) is 11.3 Å². The lowest BCUT2D eigenvalue weighted by atomic mass is 10.1. The van der Waals surface area contributed by atoms with E-state index in [2.05, 4.69) is 4.98 Å². The van der Waals surface area contributed by atoms with Gasteiger partial charge in [-0.3, -0.25) is 4.79 Å². The molecule has 1 aromatic heterocycles. The number of primary amides is 1. The molecule has 0 saturated carbocycles. The van der Waals surface area contributed by atoms with Crippen LogP contribution in [0, 0.1) is 6.92 Å². The zero-order valence-corrected chi connectivity index (χ0v) is 10.7. The number of aromatic nitrogens is 1. The molecule has 1 amide bonds. The molecular weight excluding hydrogens is 250 g/mol. The van der Waals surface area contributed by atoms with Crippen LogP contribution in [0.5, 0.6) is 5.75 Å². The van der Waals surface area contributed by atoms with E-state index in [1.165, 1.54) is 11.3 Å². The summed E-state index contributed by atoms with van der Waals surface area (Å²) in [4.78, 5) is 15.5. The van der Waals surface area contributed by atoms with Crippen molar-refractivity contribution in [3.05, 3.63) is 39.8 Å². The summed E-state index contributed by atoms with van der Waals surface area (Å²) in [6, 6.07) is 4.91. The molecule has 18 heavy (non-hydrogen) atoms. The van der Waals surface area contributed by atoms with Crippen molar-refractivity contribution in [1.82, 2.24) is 4.98 Å². The topological polar surface area (TPSA) is 91.2 Å². The zero-order valence-electron chi connectivity index (χ0n) is 9.84. The van der Waals surface area contributed by atoms with E-state index in [1.807, 2.05) is 12.3 Å². The van der Waals surface area contributed by atoms with E-state index in [0.29, 0.717) is 11.4 Å². The summed E-state index contributed by atoms with van der Waals surface area (Å²) in [5.74, 6) is -0.245. The van der Waals surface area contributed by atoms with E-state index in [9.17, 15) is 4.79 Å². The van der Waals surface area contributed by atoms with Crippen LogP contribution in [0.25, 0.3) is 0 Å². The number of nitrogens with two attached hydrogens (primary N) is 2. The highest BCUT2D eigenvalue weighted by molar-refractivity contribution is 7.09. The number of ether oxygens (including phenoxy) is 1. The largest absolute Gasteiger partial charge is 0.483 e. The highest BCUT2D eigenvalue weighted by Crippen LogP contribution is 2.27. The van der Waals surface area contributed by atoms with Gasteiger partial charge in [0, 0.05) is 11.1 Å². The first-order chi connectivity index (χ1) is 8.58. The molecule has 2 rings (SSSR count). The molecule has 0 aliphatic rings. The van der Waals surface area contributed by atoms with Crippen molar-refractivity contribution in [1.29, 1.82) is 0 Å². The molecule has 1 heterocycles. The van der Waals surface area contributed by atoms with E-state index < -0.39 is 5.91 Å². The van der Waals surface area contributed by atoms with E-state index in [-0.39, 0.29) is 12.2 Å². The number of rotatable bonds is 4. The lowest BCUT2D eigenvalue weighted by Gasteiger charge is -2.10. The predicted molar refractivity (Wildman–Crippen MR) is 70.6 cm³/mol. The van der Waals surface area contributed by atoms with E-state index in [0.717, 1.165) is 10.7 Å². The second-order valence-corrected chi connectivity index (χ2v) is 4.70. The maximum Gasteiger partial charge on any atom is 0.252 e. The first-order valence-electron chi connectivity index (χ1n) is 5.30. The van der Waals surface area contributed by atoms with E-state index in [4.69, 9.17) is 16.2 Å². The second kappa shape index (κ2) is 5.05. The molecule has 0 bridgehead atoms. The molecule has 0 atom stereocenters. The lowest BCUT2D eigenvalue weighted by Crippen LogP contribution is -2.14. The number of benzene rings is 1. The summed E-state index contributed by atoms with van der Waals surface area (Å²) < 4.78 is 5.55. The maximum absolute atomic E-state index is 11.3. The normalized spacial score (nSPS) is 10.3. The third-order valence-electron chi connectivity index (χ3n) is 2.32. The lowest BCUT2D eigenvalue weighted by molar-refractivity contribution is 0.0996. The number of hydrogen-bond acceptors (Lipinski definition) is 5. The number of carbonyl (C=O) groups is 1. The van der Waals surface area contributed by atoms with Gasteiger partial charge in [-0.2, -0.15) is 0 Å². The number of thiazole rings is 1. The Labute approximate surface area is 108 Å². The highest BCUT2D eigenvalue weighted by atomic mass is 32.1. The Morgan fingerprint density at radius 2 is 2.28 bits per heavy atom. The number of anilines is 1. The standard InChI is InChI=1S/C12H13N3O2S/c1-7-6-18-10(15-7)5-17-11-8(12(14)16)3-2-4-9(11)13/h2-4,6H,5,13H2,1H3,(H2,14,16). The molecule has 0 aliphatic carbocycles. The number of amides is 1. The number of carbonyl (C=O) groups excluding carboxylic acids is 1. The molecule has 0 radical (unpaired) electrons. The summed E-state index contributed by atoms with van der Waals surface area (Å²) in [7, 11) is 0. The molecule has 0 aliphatic heterocycles. The molecule has 4 N–H and O–H groups in total. The fraction of sp³-hybridized carbons (Fsp3) is 0.167. The van der Waals surface area contributed by atoms with Gasteiger partial charge in [-0.25, -0.2) is 4.98 Å². The number of aryl methyl sites for hydroxylation is 1. The van der Waals surface area contributed by atoms with Crippen LogP contribution >= 0.6 is 11.3 Å². The van der Waals surface area contributed by atoms with Gasteiger partial charge >= 0.3 is 0 Å². The minimum Gasteiger partial charge on any atom is -0.483 e. The van der Waals surface area contributed by atoms with Gasteiger partial charge in [0.25, 0.3) is 5.91 Å². The third-order valence-corrected chi connectivity index (χ3v) is 3.26. The molecule has 0 fully saturated rings. The van der Waals surface area contributed by atoms with Crippen LogP contribution in [0.4, 0.5) is 5.69 Å². The molecule has 6 heteroatoms. The molecule has 1 aromatic carbocycles. The van der Waals surface area contributed by atoms with Crippen molar-refractivity contribution < 1.29 is 9.53 Å². The predicted octanol–water partition coefficient (Wildman–Crippen LogP) is 1.71. The first kappa shape index (κ1) is 12.4. The smallest absolute Gasteiger partial charge is 0.252 e. The van der Waals surface area contributed by atoms with Crippen LogP contribution in [-0.4, -0.2) is 10.9 Å². The van der Waals surface area contributed by atoms with Gasteiger partial charge in [0.15, 0.2) is 5.75 Å². The quantitative estimate of drug-likeness (QED) is 0.821. The van der Waals surface area contributed by atoms with Gasteiger partial charge in [0.1, 0.15) is 11.6 Å². The summed E-state index contributed by atoms with van der Waals surface area (Å²) in [6.45, 7) is 2.18. The third kappa shape index (κ3) is 2.60. The Morgan fingerprint density at radius 1 is 1.50 bits per heavy atom. The Balaban J connectivity index is 2.20. The van der Waals surface area contributed by atoms with Crippen molar-refractivity contribution in [3.63, 3.8) is 0 Å². The van der Waals surface area contributed by atoms with E-state index >= 15 is 0 Å². The number of nitrogen functional groups attached to an aromatic ring is 1. The summed E-state index contributed by atoms with van der Waals surface area (Å²) in [5.41, 5.74) is 12.7. The van der Waals surface area contributed by atoms with Gasteiger partial charge in [0.05, 0.1) is 11.3 Å². The molecule has 5 nitrogen and oxygen atoms in total. The minimum atomic E-state index is -0.562. The van der Waals surface area contributed by atoms with Crippen LogP contribution in [0.2, 0.25) is 0 Å². The molecular formula is C12H13N3O2S. The second-order valence-electron chi connectivity index (χ2n) is 3.76. The van der Waals surface area contributed by atoms with Crippen molar-refractivity contribution in [2.45, 2.75) is 13.5 Å². The highest BCUT2D eigenvalue weighted by Gasteiger charge is 2.13. The summed E-state index contributed by atoms with van der Waals surface area (Å²) in [5, 5.41) is 2.76. The number of nitrogens with zero attached hydrogens (tertiary/aromatic N) is 1. The SMILES string of the molecule is Cc1csc(COc2c(N)cccc2C(N)=O)n1. The Kier molecular flexibility index (Phi) is 3.47. The van der Waals surface area contributed by atoms with Crippen LogP contribution in [0.15, 0.2) is 23.6 Å². The van der Waals surface area contributed by atoms with Crippen LogP contribution in [0.1, 0.15) is 21.1 Å². The maximum atomic E-state index is 11.3. The molecule has 0 spiro atoms. The molecule has 0 unspecified atom stereocenters. The average molecular weight is 263 g/mol. The first-order valence-corrected chi connectivity index (χ1v) is 6.18.